The summed E-state index contributed by atoms with van der Waals surface area (Å²) in [6, 6.07) is 6.85. The summed E-state index contributed by atoms with van der Waals surface area (Å²) in [7, 11) is 0. The van der Waals surface area contributed by atoms with Gasteiger partial charge < -0.3 is 20.6 Å². The summed E-state index contributed by atoms with van der Waals surface area (Å²) in [6.45, 7) is 6.08. The highest BCUT2D eigenvalue weighted by Crippen LogP contribution is 2.09. The molecule has 2 N–H and O–H groups in total. The lowest BCUT2D eigenvalue weighted by molar-refractivity contribution is -0.540. The third-order valence-electron chi connectivity index (χ3n) is 3.44. The Bertz CT molecular complexity index is 509. The molecule has 122 valence electrons. The van der Waals surface area contributed by atoms with Gasteiger partial charge in [-0.2, -0.15) is 0 Å². The van der Waals surface area contributed by atoms with Crippen LogP contribution in [0.15, 0.2) is 24.3 Å². The van der Waals surface area contributed by atoms with Gasteiger partial charge in [0, 0.05) is 38.8 Å². The van der Waals surface area contributed by atoms with Crippen LogP contribution in [0.4, 0.5) is 0 Å². The van der Waals surface area contributed by atoms with Crippen molar-refractivity contribution in [3.63, 3.8) is 0 Å². The lowest BCUT2D eigenvalue weighted by Gasteiger charge is -2.21. The average molecular weight is 308 g/mol. The molecule has 0 aliphatic rings. The van der Waals surface area contributed by atoms with E-state index in [-0.39, 0.29) is 13.2 Å². The van der Waals surface area contributed by atoms with Gasteiger partial charge in [0.1, 0.15) is 13.2 Å². The Morgan fingerprint density at radius 3 is 1.32 bits per heavy atom. The van der Waals surface area contributed by atoms with Crippen LogP contribution in [0.1, 0.15) is 38.8 Å². The normalized spacial score (nSPS) is 14.3. The van der Waals surface area contributed by atoms with Crippen LogP contribution >= 0.6 is 0 Å². The second-order valence-corrected chi connectivity index (χ2v) is 6.52. The molecule has 6 heteroatoms. The lowest BCUT2D eigenvalue weighted by Crippen LogP contribution is -2.37. The molecule has 0 heterocycles. The summed E-state index contributed by atoms with van der Waals surface area (Å²) < 4.78 is 1.42. The van der Waals surface area contributed by atoms with Crippen LogP contribution in [0.2, 0.25) is 0 Å². The molecule has 0 aliphatic heterocycles. The topological polar surface area (TPSA) is 92.6 Å². The number of benzene rings is 1. The summed E-state index contributed by atoms with van der Waals surface area (Å²) in [6.07, 6.45) is 2.79. The van der Waals surface area contributed by atoms with Crippen LogP contribution in [0.5, 0.6) is 0 Å². The largest absolute Gasteiger partial charge is 0.623 e. The van der Waals surface area contributed by atoms with Gasteiger partial charge in [-0.05, 0) is 24.3 Å². The summed E-state index contributed by atoms with van der Waals surface area (Å²) in [5.74, 6) is 0. The number of nitrogens with zero attached hydrogens (tertiary/aromatic N) is 2. The molecule has 6 nitrogen and oxygen atoms in total. The molecule has 22 heavy (non-hydrogen) atoms. The first kappa shape index (κ1) is 18.1. The molecule has 0 saturated carbocycles. The number of rotatable bonds is 6. The van der Waals surface area contributed by atoms with E-state index >= 15 is 0 Å². The fourth-order valence-electron chi connectivity index (χ4n) is 1.43. The zero-order chi connectivity index (χ0) is 17.0. The van der Waals surface area contributed by atoms with E-state index in [9.17, 15) is 10.4 Å². The summed E-state index contributed by atoms with van der Waals surface area (Å²) >= 11 is 0. The number of aliphatic hydroxyl groups is 2. The van der Waals surface area contributed by atoms with E-state index in [4.69, 9.17) is 10.2 Å². The third kappa shape index (κ3) is 4.54. The molecule has 0 atom stereocenters. The maximum absolute atomic E-state index is 11.9. The zero-order valence-electron chi connectivity index (χ0n) is 13.5. The van der Waals surface area contributed by atoms with Gasteiger partial charge in [0.15, 0.2) is 23.5 Å². The summed E-state index contributed by atoms with van der Waals surface area (Å²) in [5.41, 5.74) is -0.427. The van der Waals surface area contributed by atoms with Gasteiger partial charge in [0.05, 0.1) is 0 Å². The number of hydrogen-bond donors (Lipinski definition) is 2. The molecule has 0 aliphatic carbocycles. The van der Waals surface area contributed by atoms with Gasteiger partial charge >= 0.3 is 0 Å². The first-order valence-electron chi connectivity index (χ1n) is 7.07. The Morgan fingerprint density at radius 1 is 0.818 bits per heavy atom. The van der Waals surface area contributed by atoms with Gasteiger partial charge in [0.25, 0.3) is 0 Å². The van der Waals surface area contributed by atoms with E-state index in [2.05, 4.69) is 0 Å². The highest BCUT2D eigenvalue weighted by Gasteiger charge is 2.25. The van der Waals surface area contributed by atoms with Gasteiger partial charge in [-0.15, -0.1) is 0 Å². The number of hydroxylamine groups is 2. The summed E-state index contributed by atoms with van der Waals surface area (Å²) in [5, 5.41) is 42.1. The van der Waals surface area contributed by atoms with E-state index in [1.165, 1.54) is 12.4 Å². The van der Waals surface area contributed by atoms with Crippen LogP contribution in [-0.4, -0.2) is 56.4 Å². The first-order valence-corrected chi connectivity index (χ1v) is 7.07. The molecular formula is C16H24N2O4. The Kier molecular flexibility index (Phi) is 5.68. The van der Waals surface area contributed by atoms with E-state index in [0.29, 0.717) is 20.6 Å². The fourth-order valence-corrected chi connectivity index (χ4v) is 1.43. The van der Waals surface area contributed by atoms with Gasteiger partial charge in [-0.1, -0.05) is 0 Å². The highest BCUT2D eigenvalue weighted by molar-refractivity contribution is 5.80. The standard InChI is InChI=1S/C16H24N2O4/c1-15(2,11-19)17(21)9-13-5-7-14(8-6-13)10-18(22)16(3,4)12-20/h5-10,19-20H,11-12H2,1-4H3/b17-9-,18-10-. The van der Waals surface area contributed by atoms with Crippen molar-refractivity contribution in [2.45, 2.75) is 38.8 Å². The minimum absolute atomic E-state index is 0.250. The molecule has 0 unspecified atom stereocenters. The van der Waals surface area contributed by atoms with Crippen LogP contribution in [0.3, 0.4) is 0 Å². The molecular weight excluding hydrogens is 284 g/mol. The predicted octanol–water partition coefficient (Wildman–Crippen LogP) is 1.09. The first-order chi connectivity index (χ1) is 10.1. The van der Waals surface area contributed by atoms with E-state index in [1.54, 1.807) is 52.0 Å². The van der Waals surface area contributed by atoms with Gasteiger partial charge in [-0.25, -0.2) is 9.48 Å². The molecule has 0 bridgehead atoms. The van der Waals surface area contributed by atoms with Crippen molar-refractivity contribution in [3.05, 3.63) is 45.8 Å². The van der Waals surface area contributed by atoms with Crippen LogP contribution in [0, 0.1) is 10.4 Å². The molecule has 0 fully saturated rings. The van der Waals surface area contributed by atoms with E-state index < -0.39 is 11.1 Å². The monoisotopic (exact) mass is 308 g/mol. The Morgan fingerprint density at radius 2 is 1.09 bits per heavy atom. The SMILES string of the molecule is CC(C)(CO)/[N+]([O-])=C/c1ccc(/C=[N+](\[O-])C(C)(C)CO)cc1. The van der Waals surface area contributed by atoms with Gasteiger partial charge in [0.2, 0.25) is 0 Å². The second-order valence-electron chi connectivity index (χ2n) is 6.52. The Hall–Kier alpha value is -1.92. The number of hydrogen-bond acceptors (Lipinski definition) is 4. The van der Waals surface area contributed by atoms with Crippen molar-refractivity contribution in [2.75, 3.05) is 13.2 Å². The second kappa shape index (κ2) is 6.89. The number of aliphatic hydroxyl groups excluding tert-OH is 2. The molecule has 1 aromatic carbocycles. The average Bonchev–Trinajstić information content (AvgIpc) is 2.48. The highest BCUT2D eigenvalue weighted by atomic mass is 16.5. The maximum atomic E-state index is 11.9. The van der Waals surface area contributed by atoms with Crippen molar-refractivity contribution in [1.82, 2.24) is 0 Å². The minimum Gasteiger partial charge on any atom is -0.623 e. The van der Waals surface area contributed by atoms with Crippen molar-refractivity contribution >= 4 is 12.4 Å². The van der Waals surface area contributed by atoms with Crippen molar-refractivity contribution in [2.24, 2.45) is 0 Å². The predicted molar refractivity (Wildman–Crippen MR) is 86.4 cm³/mol. The van der Waals surface area contributed by atoms with Gasteiger partial charge in [-0.3, -0.25) is 0 Å². The van der Waals surface area contributed by atoms with Crippen LogP contribution in [0.25, 0.3) is 0 Å². The zero-order valence-corrected chi connectivity index (χ0v) is 13.5. The molecule has 1 aromatic rings. The van der Waals surface area contributed by atoms with Crippen LogP contribution in [-0.2, 0) is 0 Å². The minimum atomic E-state index is -0.887. The smallest absolute Gasteiger partial charge is 0.190 e. The van der Waals surface area contributed by atoms with Crippen molar-refractivity contribution < 1.29 is 19.7 Å². The third-order valence-corrected chi connectivity index (χ3v) is 3.44. The molecule has 0 radical (unpaired) electrons. The van der Waals surface area contributed by atoms with Crippen molar-refractivity contribution in [1.29, 1.82) is 0 Å². The summed E-state index contributed by atoms with van der Waals surface area (Å²) in [4.78, 5) is 0. The van der Waals surface area contributed by atoms with E-state index in [1.807, 2.05) is 0 Å². The molecule has 0 amide bonds. The van der Waals surface area contributed by atoms with E-state index in [0.717, 1.165) is 0 Å². The quantitative estimate of drug-likeness (QED) is 0.356. The van der Waals surface area contributed by atoms with Crippen molar-refractivity contribution in [3.8, 4) is 0 Å². The molecule has 0 saturated heterocycles. The molecule has 0 aromatic heterocycles. The Labute approximate surface area is 130 Å². The molecule has 0 spiro atoms. The lowest BCUT2D eigenvalue weighted by atomic mass is 10.1. The molecule has 1 rings (SSSR count). The maximum Gasteiger partial charge on any atom is 0.190 e. The fraction of sp³-hybridized carbons (Fsp3) is 0.500. The Balaban J connectivity index is 2.97. The van der Waals surface area contributed by atoms with Crippen LogP contribution < -0.4 is 0 Å².